The molecule has 0 atom stereocenters. The van der Waals surface area contributed by atoms with Gasteiger partial charge in [-0.05, 0) is 25.8 Å². The van der Waals surface area contributed by atoms with Gasteiger partial charge < -0.3 is 10.4 Å². The van der Waals surface area contributed by atoms with Crippen molar-refractivity contribution >= 4 is 17.6 Å². The molecule has 0 radical (unpaired) electrons. The molecular weight excluding hydrogens is 276 g/mol. The zero-order valence-corrected chi connectivity index (χ0v) is 11.6. The highest BCUT2D eigenvalue weighted by molar-refractivity contribution is 5.96. The molecule has 1 aromatic carbocycles. The third kappa shape index (κ3) is 2.72. The van der Waals surface area contributed by atoms with E-state index in [9.17, 15) is 24.8 Å². The fourth-order valence-corrected chi connectivity index (χ4v) is 2.48. The van der Waals surface area contributed by atoms with Crippen LogP contribution < -0.4 is 5.32 Å². The number of carboxylic acid groups (broad SMARTS) is 1. The number of carboxylic acids is 1. The number of carbonyl (C=O) groups is 2. The SMILES string of the molecule is Cc1c(C(=O)NCC2(C(=O)O)CCC2)cccc1[N+](=O)[O-]. The minimum atomic E-state index is -0.912. The van der Waals surface area contributed by atoms with Crippen molar-refractivity contribution in [3.05, 3.63) is 39.4 Å². The molecule has 0 unspecified atom stereocenters. The Morgan fingerprint density at radius 1 is 1.43 bits per heavy atom. The quantitative estimate of drug-likeness (QED) is 0.636. The highest BCUT2D eigenvalue weighted by Gasteiger charge is 2.44. The Balaban J connectivity index is 2.13. The zero-order valence-electron chi connectivity index (χ0n) is 11.6. The maximum Gasteiger partial charge on any atom is 0.311 e. The van der Waals surface area contributed by atoms with Crippen molar-refractivity contribution < 1.29 is 19.6 Å². The molecule has 1 aliphatic carbocycles. The number of benzene rings is 1. The first-order chi connectivity index (χ1) is 9.87. The van der Waals surface area contributed by atoms with Crippen LogP contribution in [0.3, 0.4) is 0 Å². The summed E-state index contributed by atoms with van der Waals surface area (Å²) in [6.45, 7) is 1.55. The minimum absolute atomic E-state index is 0.0449. The van der Waals surface area contributed by atoms with Gasteiger partial charge in [0.15, 0.2) is 0 Å². The predicted octanol–water partition coefficient (Wildman–Crippen LogP) is 1.89. The van der Waals surface area contributed by atoms with Crippen LogP contribution in [-0.4, -0.2) is 28.5 Å². The monoisotopic (exact) mass is 292 g/mol. The number of amides is 1. The van der Waals surface area contributed by atoms with Gasteiger partial charge in [0.25, 0.3) is 11.6 Å². The largest absolute Gasteiger partial charge is 0.481 e. The molecular formula is C14H16N2O5. The molecule has 0 spiro atoms. The third-order valence-electron chi connectivity index (χ3n) is 4.10. The lowest BCUT2D eigenvalue weighted by atomic mass is 9.69. The van der Waals surface area contributed by atoms with Crippen molar-refractivity contribution in [3.63, 3.8) is 0 Å². The third-order valence-corrected chi connectivity index (χ3v) is 4.10. The summed E-state index contributed by atoms with van der Waals surface area (Å²) in [7, 11) is 0. The maximum absolute atomic E-state index is 12.1. The smallest absolute Gasteiger partial charge is 0.311 e. The molecule has 1 aliphatic rings. The number of nitrogens with one attached hydrogen (secondary N) is 1. The summed E-state index contributed by atoms with van der Waals surface area (Å²) in [4.78, 5) is 33.7. The highest BCUT2D eigenvalue weighted by Crippen LogP contribution is 2.40. The van der Waals surface area contributed by atoms with E-state index in [2.05, 4.69) is 5.32 Å². The van der Waals surface area contributed by atoms with Crippen LogP contribution in [0.5, 0.6) is 0 Å². The fourth-order valence-electron chi connectivity index (χ4n) is 2.48. The number of rotatable bonds is 5. The first-order valence-electron chi connectivity index (χ1n) is 6.63. The molecule has 0 saturated heterocycles. The van der Waals surface area contributed by atoms with E-state index in [1.807, 2.05) is 0 Å². The molecule has 1 amide bonds. The molecule has 0 aromatic heterocycles. The van der Waals surface area contributed by atoms with Gasteiger partial charge in [0.2, 0.25) is 0 Å². The van der Waals surface area contributed by atoms with Crippen LogP contribution in [0.15, 0.2) is 18.2 Å². The minimum Gasteiger partial charge on any atom is -0.481 e. The van der Waals surface area contributed by atoms with Gasteiger partial charge in [-0.3, -0.25) is 19.7 Å². The maximum atomic E-state index is 12.1. The summed E-state index contributed by atoms with van der Waals surface area (Å²) in [5.74, 6) is -1.39. The van der Waals surface area contributed by atoms with Gasteiger partial charge in [0.05, 0.1) is 10.3 Å². The number of hydrogen-bond donors (Lipinski definition) is 2. The molecule has 1 saturated carbocycles. The molecule has 2 N–H and O–H groups in total. The summed E-state index contributed by atoms with van der Waals surface area (Å²) >= 11 is 0. The van der Waals surface area contributed by atoms with Crippen molar-refractivity contribution in [3.8, 4) is 0 Å². The molecule has 0 aliphatic heterocycles. The second kappa shape index (κ2) is 5.51. The average molecular weight is 292 g/mol. The Labute approximate surface area is 121 Å². The number of hydrogen-bond acceptors (Lipinski definition) is 4. The van der Waals surface area contributed by atoms with Crippen molar-refractivity contribution in [2.24, 2.45) is 5.41 Å². The van der Waals surface area contributed by atoms with E-state index in [-0.39, 0.29) is 23.4 Å². The van der Waals surface area contributed by atoms with Crippen molar-refractivity contribution in [1.29, 1.82) is 0 Å². The van der Waals surface area contributed by atoms with Crippen LogP contribution in [0.4, 0.5) is 5.69 Å². The van der Waals surface area contributed by atoms with E-state index in [0.717, 1.165) is 6.42 Å². The number of nitrogens with zero attached hydrogens (tertiary/aromatic N) is 1. The Hall–Kier alpha value is -2.44. The first kappa shape index (κ1) is 15.0. The van der Waals surface area contributed by atoms with Crippen LogP contribution in [0.1, 0.15) is 35.2 Å². The Kier molecular flexibility index (Phi) is 3.93. The van der Waals surface area contributed by atoms with E-state index < -0.39 is 22.2 Å². The van der Waals surface area contributed by atoms with Gasteiger partial charge in [-0.15, -0.1) is 0 Å². The zero-order chi connectivity index (χ0) is 15.6. The van der Waals surface area contributed by atoms with Crippen molar-refractivity contribution in [1.82, 2.24) is 5.32 Å². The van der Waals surface area contributed by atoms with Gasteiger partial charge in [0, 0.05) is 23.7 Å². The summed E-state index contributed by atoms with van der Waals surface area (Å²) < 4.78 is 0. The molecule has 1 fully saturated rings. The Morgan fingerprint density at radius 2 is 2.10 bits per heavy atom. The van der Waals surface area contributed by atoms with Gasteiger partial charge in [-0.2, -0.15) is 0 Å². The standard InChI is InChI=1S/C14H16N2O5/c1-9-10(4-2-5-11(9)16(20)21)12(17)15-8-14(13(18)19)6-3-7-14/h2,4-5H,3,6-8H2,1H3,(H,15,17)(H,18,19). The first-order valence-corrected chi connectivity index (χ1v) is 6.63. The normalized spacial score (nSPS) is 15.9. The van der Waals surface area contributed by atoms with Crippen molar-refractivity contribution in [2.75, 3.05) is 6.54 Å². The topological polar surface area (TPSA) is 110 Å². The Morgan fingerprint density at radius 3 is 2.57 bits per heavy atom. The summed E-state index contributed by atoms with van der Waals surface area (Å²) in [5, 5.41) is 22.6. The van der Waals surface area contributed by atoms with Gasteiger partial charge >= 0.3 is 5.97 Å². The number of aliphatic carboxylic acids is 1. The van der Waals surface area contributed by atoms with Gasteiger partial charge in [-0.1, -0.05) is 12.5 Å². The number of nitro groups is 1. The summed E-state index contributed by atoms with van der Waals surface area (Å²) in [5.41, 5.74) is -0.536. The lowest BCUT2D eigenvalue weighted by Crippen LogP contribution is -2.47. The van der Waals surface area contributed by atoms with E-state index in [1.165, 1.54) is 25.1 Å². The molecule has 2 rings (SSSR count). The molecule has 21 heavy (non-hydrogen) atoms. The Bertz CT molecular complexity index is 607. The van der Waals surface area contributed by atoms with E-state index in [1.54, 1.807) is 0 Å². The molecule has 112 valence electrons. The molecule has 1 aromatic rings. The fraction of sp³-hybridized carbons (Fsp3) is 0.429. The van der Waals surface area contributed by atoms with E-state index in [0.29, 0.717) is 12.8 Å². The van der Waals surface area contributed by atoms with Crippen molar-refractivity contribution in [2.45, 2.75) is 26.2 Å². The summed E-state index contributed by atoms with van der Waals surface area (Å²) in [6.07, 6.45) is 1.91. The average Bonchev–Trinajstić information content (AvgIpc) is 2.36. The number of nitro benzene ring substituents is 1. The van der Waals surface area contributed by atoms with E-state index in [4.69, 9.17) is 0 Å². The second-order valence-electron chi connectivity index (χ2n) is 5.33. The number of carbonyl (C=O) groups excluding carboxylic acids is 1. The molecule has 0 bridgehead atoms. The lowest BCUT2D eigenvalue weighted by molar-refractivity contribution is -0.385. The molecule has 0 heterocycles. The van der Waals surface area contributed by atoms with Gasteiger partial charge in [-0.25, -0.2) is 0 Å². The summed E-state index contributed by atoms with van der Waals surface area (Å²) in [6, 6.07) is 4.26. The van der Waals surface area contributed by atoms with Crippen LogP contribution in [0, 0.1) is 22.5 Å². The van der Waals surface area contributed by atoms with Crippen LogP contribution in [-0.2, 0) is 4.79 Å². The second-order valence-corrected chi connectivity index (χ2v) is 5.33. The van der Waals surface area contributed by atoms with Crippen LogP contribution in [0.25, 0.3) is 0 Å². The van der Waals surface area contributed by atoms with Crippen LogP contribution >= 0.6 is 0 Å². The molecule has 7 nitrogen and oxygen atoms in total. The highest BCUT2D eigenvalue weighted by atomic mass is 16.6. The van der Waals surface area contributed by atoms with Gasteiger partial charge in [0.1, 0.15) is 0 Å². The predicted molar refractivity (Wildman–Crippen MR) is 74.1 cm³/mol. The van der Waals surface area contributed by atoms with E-state index >= 15 is 0 Å². The lowest BCUT2D eigenvalue weighted by Gasteiger charge is -2.37. The molecule has 7 heteroatoms. The van der Waals surface area contributed by atoms with Crippen LogP contribution in [0.2, 0.25) is 0 Å².